The van der Waals surface area contributed by atoms with Crippen LogP contribution in [-0.4, -0.2) is 4.98 Å². The topological polar surface area (TPSA) is 29.3 Å². The summed E-state index contributed by atoms with van der Waals surface area (Å²) in [5.41, 5.74) is 8.82. The second-order valence-electron chi connectivity index (χ2n) is 12.7. The molecule has 1 aliphatic carbocycles. The smallest absolute Gasteiger partial charge is 0.227 e. The molecule has 4 heteroatoms. The molecule has 3 heterocycles. The summed E-state index contributed by atoms with van der Waals surface area (Å²) in [6.45, 7) is 0. The van der Waals surface area contributed by atoms with E-state index in [2.05, 4.69) is 151 Å². The van der Waals surface area contributed by atoms with Gasteiger partial charge in [0.1, 0.15) is 5.58 Å². The number of hydrogen-bond donors (Lipinski definition) is 0. The highest BCUT2D eigenvalue weighted by Crippen LogP contribution is 2.44. The molecule has 9 aromatic rings. The van der Waals surface area contributed by atoms with Crippen LogP contribution in [0.25, 0.3) is 64.1 Å². The molecule has 0 N–H and O–H groups in total. The molecule has 0 saturated carbocycles. The first kappa shape index (κ1) is 28.1. The lowest BCUT2D eigenvalue weighted by Gasteiger charge is -2.29. The van der Waals surface area contributed by atoms with Crippen molar-refractivity contribution in [1.29, 1.82) is 0 Å². The molecule has 0 aliphatic heterocycles. The molecule has 49 heavy (non-hydrogen) atoms. The third kappa shape index (κ3) is 4.67. The van der Waals surface area contributed by atoms with Crippen LogP contribution >= 0.6 is 11.3 Å². The number of anilines is 2. The van der Waals surface area contributed by atoms with Crippen molar-refractivity contribution in [2.45, 2.75) is 12.3 Å². The Kier molecular flexibility index (Phi) is 6.49. The number of aromatic nitrogens is 1. The lowest BCUT2D eigenvalue weighted by molar-refractivity contribution is 0.654. The van der Waals surface area contributed by atoms with Crippen LogP contribution in [0.2, 0.25) is 0 Å². The number of furan rings is 1. The van der Waals surface area contributed by atoms with Crippen molar-refractivity contribution in [3.05, 3.63) is 175 Å². The molecule has 3 nitrogen and oxygen atoms in total. The minimum Gasteiger partial charge on any atom is -0.438 e. The molecule has 10 rings (SSSR count). The molecule has 1 atom stereocenters. The van der Waals surface area contributed by atoms with Crippen LogP contribution in [-0.2, 0) is 0 Å². The number of pyridine rings is 1. The lowest BCUT2D eigenvalue weighted by Crippen LogP contribution is -2.17. The monoisotopic (exact) mass is 646 g/mol. The lowest BCUT2D eigenvalue weighted by atomic mass is 9.89. The SMILES string of the molecule is C1=CC(c2ccc3c(cnc4oc5ccccc5c43)c2)CC=C1N(c1ccc(-c2ccccc2)cc1)c1cccc2c1sc1ccccc12. The minimum absolute atomic E-state index is 0.271. The average Bonchev–Trinajstić information content (AvgIpc) is 3.75. The Labute approximate surface area is 287 Å². The van der Waals surface area contributed by atoms with Crippen LogP contribution in [0.1, 0.15) is 17.9 Å². The van der Waals surface area contributed by atoms with Crippen LogP contribution in [0, 0.1) is 0 Å². The highest BCUT2D eigenvalue weighted by atomic mass is 32.1. The van der Waals surface area contributed by atoms with Crippen molar-refractivity contribution < 1.29 is 4.42 Å². The Hall–Kier alpha value is -5.97. The predicted molar refractivity (Wildman–Crippen MR) is 207 cm³/mol. The Morgan fingerprint density at radius 3 is 2.31 bits per heavy atom. The van der Waals surface area contributed by atoms with E-state index in [1.54, 1.807) is 0 Å². The van der Waals surface area contributed by atoms with Gasteiger partial charge in [-0.15, -0.1) is 11.3 Å². The first-order chi connectivity index (χ1) is 24.3. The predicted octanol–water partition coefficient (Wildman–Crippen LogP) is 12.9. The summed E-state index contributed by atoms with van der Waals surface area (Å²) < 4.78 is 8.66. The number of nitrogens with zero attached hydrogens (tertiary/aromatic N) is 2. The fourth-order valence-electron chi connectivity index (χ4n) is 7.45. The second kappa shape index (κ2) is 11.3. The third-order valence-electron chi connectivity index (χ3n) is 9.87. The van der Waals surface area contributed by atoms with E-state index in [1.807, 2.05) is 29.7 Å². The van der Waals surface area contributed by atoms with Crippen LogP contribution < -0.4 is 4.90 Å². The largest absolute Gasteiger partial charge is 0.438 e. The van der Waals surface area contributed by atoms with E-state index in [4.69, 9.17) is 9.40 Å². The number of rotatable bonds is 5. The number of fused-ring (bicyclic) bond motifs is 8. The number of allylic oxidation sites excluding steroid dienone is 3. The zero-order valence-corrected chi connectivity index (χ0v) is 27.4. The van der Waals surface area contributed by atoms with Gasteiger partial charge in [0, 0.05) is 49.7 Å². The molecule has 3 aromatic heterocycles. The van der Waals surface area contributed by atoms with E-state index < -0.39 is 0 Å². The fourth-order valence-corrected chi connectivity index (χ4v) is 8.66. The maximum atomic E-state index is 6.05. The third-order valence-corrected chi connectivity index (χ3v) is 11.1. The van der Waals surface area contributed by atoms with Gasteiger partial charge in [0.25, 0.3) is 0 Å². The van der Waals surface area contributed by atoms with Gasteiger partial charge in [-0.25, -0.2) is 4.98 Å². The van der Waals surface area contributed by atoms with Gasteiger partial charge in [-0.1, -0.05) is 115 Å². The van der Waals surface area contributed by atoms with E-state index in [9.17, 15) is 0 Å². The molecule has 1 unspecified atom stereocenters. The Morgan fingerprint density at radius 1 is 0.673 bits per heavy atom. The van der Waals surface area contributed by atoms with Gasteiger partial charge in [-0.05, 0) is 71.0 Å². The van der Waals surface area contributed by atoms with Crippen molar-refractivity contribution in [3.63, 3.8) is 0 Å². The highest BCUT2D eigenvalue weighted by molar-refractivity contribution is 7.26. The van der Waals surface area contributed by atoms with Crippen molar-refractivity contribution in [1.82, 2.24) is 4.98 Å². The van der Waals surface area contributed by atoms with Gasteiger partial charge in [0.2, 0.25) is 5.71 Å². The van der Waals surface area contributed by atoms with Gasteiger partial charge < -0.3 is 9.32 Å². The van der Waals surface area contributed by atoms with Crippen molar-refractivity contribution >= 4 is 75.7 Å². The summed E-state index contributed by atoms with van der Waals surface area (Å²) in [6.07, 6.45) is 9.93. The average molecular weight is 647 g/mol. The van der Waals surface area contributed by atoms with E-state index >= 15 is 0 Å². The normalized spacial score (nSPS) is 14.7. The Bertz CT molecular complexity index is 2750. The first-order valence-electron chi connectivity index (χ1n) is 16.7. The number of para-hydroxylation sites is 1. The first-order valence-corrected chi connectivity index (χ1v) is 17.5. The quantitative estimate of drug-likeness (QED) is 0.186. The molecule has 6 aromatic carbocycles. The van der Waals surface area contributed by atoms with Gasteiger partial charge in [-0.3, -0.25) is 0 Å². The zero-order chi connectivity index (χ0) is 32.3. The summed E-state index contributed by atoms with van der Waals surface area (Å²) in [7, 11) is 0. The molecule has 232 valence electrons. The van der Waals surface area contributed by atoms with Gasteiger partial charge >= 0.3 is 0 Å². The standard InChI is InChI=1S/C45H30N2OS/c1-2-9-29(10-3-1)30-17-22-34(23-18-30)47(40-14-8-13-38-37-11-5-7-16-42(37)49-44(38)40)35-24-19-31(20-25-35)32-21-26-36-33(27-32)28-46-45-43(36)39-12-4-6-15-41(39)48-45/h1-19,21-28,31H,20H2. The van der Waals surface area contributed by atoms with Gasteiger partial charge in [-0.2, -0.15) is 0 Å². The minimum atomic E-state index is 0.271. The molecule has 0 fully saturated rings. The fraction of sp³-hybridized carbons (Fsp3) is 0.0444. The van der Waals surface area contributed by atoms with E-state index in [-0.39, 0.29) is 5.92 Å². The van der Waals surface area contributed by atoms with Gasteiger partial charge in [0.05, 0.1) is 15.8 Å². The van der Waals surface area contributed by atoms with E-state index in [1.165, 1.54) is 53.6 Å². The second-order valence-corrected chi connectivity index (χ2v) is 13.8. The van der Waals surface area contributed by atoms with Crippen LogP contribution in [0.3, 0.4) is 0 Å². The van der Waals surface area contributed by atoms with Gasteiger partial charge in [0.15, 0.2) is 0 Å². The Balaban J connectivity index is 1.04. The van der Waals surface area contributed by atoms with Crippen molar-refractivity contribution in [2.24, 2.45) is 0 Å². The number of hydrogen-bond acceptors (Lipinski definition) is 4. The summed E-state index contributed by atoms with van der Waals surface area (Å²) in [5.74, 6) is 0.271. The van der Waals surface area contributed by atoms with Crippen LogP contribution in [0.5, 0.6) is 0 Å². The summed E-state index contributed by atoms with van der Waals surface area (Å²) in [6, 6.07) is 50.0. The Morgan fingerprint density at radius 2 is 1.45 bits per heavy atom. The zero-order valence-electron chi connectivity index (χ0n) is 26.6. The summed E-state index contributed by atoms with van der Waals surface area (Å²) in [4.78, 5) is 7.13. The molecule has 1 aliphatic rings. The van der Waals surface area contributed by atoms with Crippen LogP contribution in [0.4, 0.5) is 11.4 Å². The molecule has 0 bridgehead atoms. The van der Waals surface area contributed by atoms with E-state index in [0.29, 0.717) is 5.71 Å². The molecule has 0 saturated heterocycles. The summed E-state index contributed by atoms with van der Waals surface area (Å²) in [5, 5.41) is 7.12. The molecule has 0 amide bonds. The summed E-state index contributed by atoms with van der Waals surface area (Å²) >= 11 is 1.87. The number of benzene rings is 6. The van der Waals surface area contributed by atoms with Crippen LogP contribution in [0.15, 0.2) is 174 Å². The molecule has 0 spiro atoms. The maximum Gasteiger partial charge on any atom is 0.227 e. The molecular weight excluding hydrogens is 617 g/mol. The molecular formula is C45H30N2OS. The van der Waals surface area contributed by atoms with Crippen molar-refractivity contribution in [2.75, 3.05) is 4.90 Å². The number of thiophene rings is 1. The van der Waals surface area contributed by atoms with Crippen molar-refractivity contribution in [3.8, 4) is 11.1 Å². The molecule has 0 radical (unpaired) electrons. The van der Waals surface area contributed by atoms with E-state index in [0.717, 1.165) is 33.8 Å². The highest BCUT2D eigenvalue weighted by Gasteiger charge is 2.22. The maximum absolute atomic E-state index is 6.05.